The van der Waals surface area contributed by atoms with Gasteiger partial charge in [-0.3, -0.25) is 4.90 Å². The van der Waals surface area contributed by atoms with Crippen LogP contribution < -0.4 is 4.90 Å². The first kappa shape index (κ1) is 18.5. The highest BCUT2D eigenvalue weighted by Crippen LogP contribution is 2.37. The van der Waals surface area contributed by atoms with Crippen LogP contribution in [0.2, 0.25) is 0 Å². The average molecular weight is 376 g/mol. The molecule has 2 atom stereocenters. The lowest BCUT2D eigenvalue weighted by Crippen LogP contribution is -2.37. The van der Waals surface area contributed by atoms with E-state index in [2.05, 4.69) is 21.8 Å². The summed E-state index contributed by atoms with van der Waals surface area (Å²) < 4.78 is 5.14. The van der Waals surface area contributed by atoms with E-state index in [0.717, 1.165) is 36.8 Å². The van der Waals surface area contributed by atoms with Crippen molar-refractivity contribution in [3.63, 3.8) is 0 Å². The molecule has 1 aromatic carbocycles. The van der Waals surface area contributed by atoms with Crippen molar-refractivity contribution in [2.45, 2.75) is 37.8 Å². The van der Waals surface area contributed by atoms with E-state index in [-0.39, 0.29) is 18.1 Å². The zero-order valence-corrected chi connectivity index (χ0v) is 16.0. The summed E-state index contributed by atoms with van der Waals surface area (Å²) in [6.45, 7) is 1.37. The van der Waals surface area contributed by atoms with Gasteiger partial charge in [0.2, 0.25) is 5.95 Å². The van der Waals surface area contributed by atoms with E-state index < -0.39 is 0 Å². The molecule has 1 aromatic heterocycles. The Morgan fingerprint density at radius 2 is 1.79 bits per heavy atom. The Kier molecular flexibility index (Phi) is 5.54. The first-order chi connectivity index (χ1) is 13.8. The molecule has 2 aliphatic rings. The van der Waals surface area contributed by atoms with Crippen LogP contribution in [0.15, 0.2) is 42.7 Å². The summed E-state index contributed by atoms with van der Waals surface area (Å²) >= 11 is 0. The fourth-order valence-electron chi connectivity index (χ4n) is 4.06. The topological polar surface area (TPSA) is 58.6 Å². The number of fused-ring (bicyclic) bond motifs is 1. The maximum atomic E-state index is 13.0. The lowest BCUT2D eigenvalue weighted by molar-refractivity contribution is 0.167. The van der Waals surface area contributed by atoms with E-state index >= 15 is 0 Å². The monoisotopic (exact) mass is 376 g/mol. The van der Waals surface area contributed by atoms with Gasteiger partial charge < -0.3 is 9.64 Å². The number of amides is 2. The van der Waals surface area contributed by atoms with Crippen molar-refractivity contribution in [1.82, 2.24) is 14.9 Å². The Labute approximate surface area is 165 Å². The minimum atomic E-state index is 0.00826. The van der Waals surface area contributed by atoms with Crippen LogP contribution in [0.25, 0.3) is 0 Å². The van der Waals surface area contributed by atoms with Gasteiger partial charge in [0, 0.05) is 38.2 Å². The van der Waals surface area contributed by atoms with E-state index in [9.17, 15) is 4.79 Å². The van der Waals surface area contributed by atoms with E-state index in [4.69, 9.17) is 4.74 Å². The van der Waals surface area contributed by atoms with Crippen LogP contribution in [0, 0.1) is 11.8 Å². The van der Waals surface area contributed by atoms with E-state index in [0.29, 0.717) is 19.1 Å². The predicted molar refractivity (Wildman–Crippen MR) is 107 cm³/mol. The van der Waals surface area contributed by atoms with E-state index in [1.54, 1.807) is 24.4 Å². The molecular weight excluding hydrogens is 352 g/mol. The number of urea groups is 1. The Morgan fingerprint density at radius 3 is 2.54 bits per heavy atom. The summed E-state index contributed by atoms with van der Waals surface area (Å²) in [6, 6.07) is 10.2. The minimum Gasteiger partial charge on any atom is -0.385 e. The lowest BCUT2D eigenvalue weighted by Gasteiger charge is -2.21. The van der Waals surface area contributed by atoms with Crippen molar-refractivity contribution >= 4 is 12.0 Å². The number of carbonyl (C=O) groups excluding carboxylic acids is 1. The predicted octanol–water partition coefficient (Wildman–Crippen LogP) is 3.08. The number of benzene rings is 1. The summed E-state index contributed by atoms with van der Waals surface area (Å²) in [6.07, 6.45) is 7.40. The Hall–Kier alpha value is -2.91. The van der Waals surface area contributed by atoms with Gasteiger partial charge in [-0.25, -0.2) is 14.8 Å². The molecule has 1 aliphatic heterocycles. The van der Waals surface area contributed by atoms with Crippen molar-refractivity contribution in [1.29, 1.82) is 0 Å². The summed E-state index contributed by atoms with van der Waals surface area (Å²) in [5, 5.41) is 0. The molecule has 1 aliphatic carbocycles. The van der Waals surface area contributed by atoms with Gasteiger partial charge in [-0.2, -0.15) is 0 Å². The zero-order chi connectivity index (χ0) is 19.3. The quantitative estimate of drug-likeness (QED) is 0.594. The van der Waals surface area contributed by atoms with Crippen LogP contribution in [0.5, 0.6) is 0 Å². The molecule has 0 N–H and O–H groups in total. The molecule has 0 unspecified atom stereocenters. The molecule has 0 bridgehead atoms. The number of ether oxygens (including phenoxy) is 1. The third-order valence-corrected chi connectivity index (χ3v) is 5.35. The number of anilines is 1. The van der Waals surface area contributed by atoms with Crippen LogP contribution in [-0.2, 0) is 4.74 Å². The Morgan fingerprint density at radius 1 is 1.07 bits per heavy atom. The minimum absolute atomic E-state index is 0.00826. The van der Waals surface area contributed by atoms with Crippen molar-refractivity contribution in [3.05, 3.63) is 53.9 Å². The molecule has 6 heteroatoms. The van der Waals surface area contributed by atoms with Crippen LogP contribution in [-0.4, -0.2) is 53.2 Å². The second-order valence-electron chi connectivity index (χ2n) is 7.15. The number of hydrogen-bond acceptors (Lipinski definition) is 4. The van der Waals surface area contributed by atoms with E-state index in [1.807, 2.05) is 35.2 Å². The molecule has 2 amide bonds. The summed E-state index contributed by atoms with van der Waals surface area (Å²) in [4.78, 5) is 25.7. The molecule has 6 nitrogen and oxygen atoms in total. The summed E-state index contributed by atoms with van der Waals surface area (Å²) in [5.41, 5.74) is 1.68. The highest BCUT2D eigenvalue weighted by Gasteiger charge is 2.49. The van der Waals surface area contributed by atoms with E-state index in [1.165, 1.54) is 0 Å². The largest absolute Gasteiger partial charge is 0.385 e. The molecule has 144 valence electrons. The highest BCUT2D eigenvalue weighted by atomic mass is 16.5. The summed E-state index contributed by atoms with van der Waals surface area (Å²) in [5.74, 6) is 6.65. The third-order valence-electron chi connectivity index (χ3n) is 5.35. The van der Waals surface area contributed by atoms with Gasteiger partial charge in [0.25, 0.3) is 0 Å². The molecule has 1 saturated heterocycles. The Bertz CT molecular complexity index is 873. The first-order valence-electron chi connectivity index (χ1n) is 9.76. The van der Waals surface area contributed by atoms with Crippen molar-refractivity contribution in [2.24, 2.45) is 0 Å². The van der Waals surface area contributed by atoms with Gasteiger partial charge in [0.05, 0.1) is 17.6 Å². The average Bonchev–Trinajstić information content (AvgIpc) is 3.29. The number of hydrogen-bond donors (Lipinski definition) is 0. The van der Waals surface area contributed by atoms with Gasteiger partial charge in [-0.05, 0) is 37.8 Å². The van der Waals surface area contributed by atoms with Crippen LogP contribution >= 0.6 is 0 Å². The molecule has 2 fully saturated rings. The highest BCUT2D eigenvalue weighted by molar-refractivity contribution is 5.94. The molecule has 0 spiro atoms. The van der Waals surface area contributed by atoms with Gasteiger partial charge in [-0.15, -0.1) is 0 Å². The number of aromatic nitrogens is 2. The lowest BCUT2D eigenvalue weighted by atomic mass is 10.1. The van der Waals surface area contributed by atoms with Crippen molar-refractivity contribution in [3.8, 4) is 11.8 Å². The third kappa shape index (κ3) is 3.71. The second kappa shape index (κ2) is 8.41. The molecular formula is C22H24N4O2. The molecule has 2 aromatic rings. The number of carbonyl (C=O) groups is 1. The fraction of sp³-hybridized carbons (Fsp3) is 0.409. The molecule has 2 heterocycles. The van der Waals surface area contributed by atoms with Crippen LogP contribution in [0.4, 0.5) is 10.7 Å². The molecule has 28 heavy (non-hydrogen) atoms. The van der Waals surface area contributed by atoms with Gasteiger partial charge in [0.15, 0.2) is 0 Å². The SMILES string of the molecule is COCCCN1C(=O)N(c2ncc(C#Cc3ccccc3)cn2)[C@H]2CCC[C@H]21. The van der Waals surface area contributed by atoms with Crippen LogP contribution in [0.1, 0.15) is 36.8 Å². The van der Waals surface area contributed by atoms with Gasteiger partial charge in [0.1, 0.15) is 0 Å². The summed E-state index contributed by atoms with van der Waals surface area (Å²) in [7, 11) is 1.69. The van der Waals surface area contributed by atoms with Crippen LogP contribution in [0.3, 0.4) is 0 Å². The van der Waals surface area contributed by atoms with Gasteiger partial charge >= 0.3 is 6.03 Å². The molecule has 4 rings (SSSR count). The molecule has 0 radical (unpaired) electrons. The molecule has 1 saturated carbocycles. The zero-order valence-electron chi connectivity index (χ0n) is 16.0. The fourth-order valence-corrected chi connectivity index (χ4v) is 4.06. The second-order valence-corrected chi connectivity index (χ2v) is 7.15. The maximum absolute atomic E-state index is 13.0. The van der Waals surface area contributed by atoms with Crippen molar-refractivity contribution in [2.75, 3.05) is 25.2 Å². The number of nitrogens with zero attached hydrogens (tertiary/aromatic N) is 4. The smallest absolute Gasteiger partial charge is 0.327 e. The normalized spacial score (nSPS) is 20.8. The maximum Gasteiger partial charge on any atom is 0.327 e. The standard InChI is InChI=1S/C22H24N4O2/c1-28-14-6-13-25-19-9-5-10-20(19)26(22(25)27)21-23-15-18(16-24-21)12-11-17-7-3-2-4-8-17/h2-4,7-8,15-16,19-20H,5-6,9-10,13-14H2,1H3/t19-,20+/m1/s1. The first-order valence-corrected chi connectivity index (χ1v) is 9.76. The van der Waals surface area contributed by atoms with Gasteiger partial charge in [-0.1, -0.05) is 30.0 Å². The number of rotatable bonds is 5. The number of methoxy groups -OCH3 is 1. The Balaban J connectivity index is 1.50. The van der Waals surface area contributed by atoms with Crippen molar-refractivity contribution < 1.29 is 9.53 Å².